The van der Waals surface area contributed by atoms with Crippen molar-refractivity contribution in [1.29, 1.82) is 0 Å². The fourth-order valence-corrected chi connectivity index (χ4v) is 2.95. The summed E-state index contributed by atoms with van der Waals surface area (Å²) in [7, 11) is -3.32. The first-order valence-electron chi connectivity index (χ1n) is 6.60. The highest BCUT2D eigenvalue weighted by molar-refractivity contribution is 7.90. The third-order valence-electron chi connectivity index (χ3n) is 3.66. The van der Waals surface area contributed by atoms with Crippen LogP contribution >= 0.6 is 24.8 Å². The van der Waals surface area contributed by atoms with E-state index in [1.807, 2.05) is 6.92 Å². The van der Waals surface area contributed by atoms with E-state index in [-0.39, 0.29) is 35.7 Å². The van der Waals surface area contributed by atoms with E-state index in [1.54, 1.807) is 6.07 Å². The van der Waals surface area contributed by atoms with Crippen LogP contribution in [0.2, 0.25) is 0 Å². The van der Waals surface area contributed by atoms with Crippen LogP contribution < -0.4 is 10.6 Å². The first-order chi connectivity index (χ1) is 9.37. The number of aromatic nitrogens is 1. The first kappa shape index (κ1) is 21.1. The summed E-state index contributed by atoms with van der Waals surface area (Å²) in [5.41, 5.74) is -0.0147. The molecule has 22 heavy (non-hydrogen) atoms. The fraction of sp³-hybridized carbons (Fsp3) is 0.538. The van der Waals surface area contributed by atoms with E-state index < -0.39 is 15.4 Å². The Balaban J connectivity index is 0.00000220. The van der Waals surface area contributed by atoms with Crippen molar-refractivity contribution in [3.63, 3.8) is 0 Å². The lowest BCUT2D eigenvalue weighted by molar-refractivity contribution is -0.122. The van der Waals surface area contributed by atoms with Crippen molar-refractivity contribution in [3.8, 4) is 0 Å². The molecule has 0 aromatic carbocycles. The Kier molecular flexibility index (Phi) is 7.77. The number of halogens is 2. The molecule has 1 aromatic rings. The molecule has 1 amide bonds. The molecule has 0 bridgehead atoms. The van der Waals surface area contributed by atoms with Crippen molar-refractivity contribution < 1.29 is 13.2 Å². The minimum Gasteiger partial charge on any atom is -0.323 e. The SMILES string of the molecule is CCC1(C(=O)Nc2ccc(S(C)(=O)=O)nc2)CCCN1.Cl.Cl. The van der Waals surface area contributed by atoms with Crippen LogP contribution in [0.3, 0.4) is 0 Å². The summed E-state index contributed by atoms with van der Waals surface area (Å²) < 4.78 is 22.6. The lowest BCUT2D eigenvalue weighted by atomic mass is 9.93. The van der Waals surface area contributed by atoms with Crippen LogP contribution in [0, 0.1) is 0 Å². The molecule has 1 aromatic heterocycles. The number of hydrogen-bond acceptors (Lipinski definition) is 5. The number of amides is 1. The van der Waals surface area contributed by atoms with Gasteiger partial charge in [-0.15, -0.1) is 24.8 Å². The van der Waals surface area contributed by atoms with Crippen LogP contribution in [0.25, 0.3) is 0 Å². The van der Waals surface area contributed by atoms with E-state index in [0.29, 0.717) is 12.1 Å². The van der Waals surface area contributed by atoms with E-state index in [0.717, 1.165) is 25.6 Å². The molecule has 1 saturated heterocycles. The summed E-state index contributed by atoms with van der Waals surface area (Å²) in [5.74, 6) is -0.0913. The number of nitrogens with one attached hydrogen (secondary N) is 2. The normalized spacial score (nSPS) is 20.6. The molecule has 6 nitrogen and oxygen atoms in total. The highest BCUT2D eigenvalue weighted by Crippen LogP contribution is 2.24. The Labute approximate surface area is 143 Å². The molecule has 9 heteroatoms. The van der Waals surface area contributed by atoms with Crippen molar-refractivity contribution in [2.75, 3.05) is 18.1 Å². The molecular formula is C13H21Cl2N3O3S. The maximum Gasteiger partial charge on any atom is 0.244 e. The van der Waals surface area contributed by atoms with Crippen molar-refractivity contribution in [2.24, 2.45) is 0 Å². The molecule has 0 saturated carbocycles. The fourth-order valence-electron chi connectivity index (χ4n) is 2.39. The van der Waals surface area contributed by atoms with Gasteiger partial charge in [0.05, 0.1) is 17.4 Å². The summed E-state index contributed by atoms with van der Waals surface area (Å²) in [6, 6.07) is 2.95. The average Bonchev–Trinajstić information content (AvgIpc) is 2.88. The van der Waals surface area contributed by atoms with E-state index in [1.165, 1.54) is 12.3 Å². The van der Waals surface area contributed by atoms with Crippen LogP contribution in [0.1, 0.15) is 26.2 Å². The maximum absolute atomic E-state index is 12.3. The molecule has 1 fully saturated rings. The minimum absolute atomic E-state index is 0. The number of anilines is 1. The Morgan fingerprint density at radius 3 is 2.50 bits per heavy atom. The Morgan fingerprint density at radius 2 is 2.09 bits per heavy atom. The zero-order chi connectivity index (χ0) is 14.8. The van der Waals surface area contributed by atoms with Gasteiger partial charge >= 0.3 is 0 Å². The zero-order valence-corrected chi connectivity index (χ0v) is 14.9. The maximum atomic E-state index is 12.3. The van der Waals surface area contributed by atoms with Crippen molar-refractivity contribution >= 4 is 46.2 Å². The monoisotopic (exact) mass is 369 g/mol. The third kappa shape index (κ3) is 4.55. The summed E-state index contributed by atoms with van der Waals surface area (Å²) >= 11 is 0. The highest BCUT2D eigenvalue weighted by Gasteiger charge is 2.39. The molecule has 0 spiro atoms. The van der Waals surface area contributed by atoms with Crippen LogP contribution in [0.15, 0.2) is 23.4 Å². The number of carbonyl (C=O) groups excluding carboxylic acids is 1. The number of sulfone groups is 1. The topological polar surface area (TPSA) is 88.2 Å². The quantitative estimate of drug-likeness (QED) is 0.844. The van der Waals surface area contributed by atoms with Gasteiger partial charge in [0, 0.05) is 6.26 Å². The molecule has 1 aliphatic heterocycles. The molecular weight excluding hydrogens is 349 g/mol. The lowest BCUT2D eigenvalue weighted by Crippen LogP contribution is -2.50. The van der Waals surface area contributed by atoms with Crippen LogP contribution in [0.5, 0.6) is 0 Å². The van der Waals surface area contributed by atoms with Gasteiger partial charge in [-0.2, -0.15) is 0 Å². The molecule has 1 aliphatic rings. The zero-order valence-electron chi connectivity index (χ0n) is 12.5. The van der Waals surface area contributed by atoms with E-state index in [4.69, 9.17) is 0 Å². The second-order valence-electron chi connectivity index (χ2n) is 5.08. The standard InChI is InChI=1S/C13H19N3O3S.2ClH/c1-3-13(7-4-8-15-13)12(17)16-10-5-6-11(14-9-10)20(2,18)19;;/h5-6,9,15H,3-4,7-8H2,1-2H3,(H,16,17);2*1H. The van der Waals surface area contributed by atoms with Gasteiger partial charge in [0.1, 0.15) is 0 Å². The van der Waals surface area contributed by atoms with Gasteiger partial charge in [0.25, 0.3) is 0 Å². The average molecular weight is 370 g/mol. The predicted molar refractivity (Wildman–Crippen MR) is 90.7 cm³/mol. The third-order valence-corrected chi connectivity index (χ3v) is 4.66. The highest BCUT2D eigenvalue weighted by atomic mass is 35.5. The molecule has 126 valence electrons. The number of carbonyl (C=O) groups is 1. The molecule has 0 radical (unpaired) electrons. The smallest absolute Gasteiger partial charge is 0.244 e. The minimum atomic E-state index is -3.32. The number of nitrogens with zero attached hydrogens (tertiary/aromatic N) is 1. The van der Waals surface area contributed by atoms with Gasteiger partial charge in [-0.05, 0) is 37.9 Å². The Bertz CT molecular complexity index is 599. The first-order valence-corrected chi connectivity index (χ1v) is 8.49. The van der Waals surface area contributed by atoms with Crippen LogP contribution in [0.4, 0.5) is 5.69 Å². The summed E-state index contributed by atoms with van der Waals surface area (Å²) in [5, 5.41) is 6.04. The van der Waals surface area contributed by atoms with Gasteiger partial charge in [-0.1, -0.05) is 6.92 Å². The summed E-state index contributed by atoms with van der Waals surface area (Å²) in [4.78, 5) is 16.2. The second kappa shape index (κ2) is 8.10. The Morgan fingerprint density at radius 1 is 1.41 bits per heavy atom. The number of pyridine rings is 1. The molecule has 2 N–H and O–H groups in total. The lowest BCUT2D eigenvalue weighted by Gasteiger charge is -2.26. The van der Waals surface area contributed by atoms with Crippen LogP contribution in [-0.4, -0.2) is 37.6 Å². The summed E-state index contributed by atoms with van der Waals surface area (Å²) in [6.45, 7) is 2.81. The molecule has 1 unspecified atom stereocenters. The van der Waals surface area contributed by atoms with Gasteiger partial charge in [0.15, 0.2) is 14.9 Å². The van der Waals surface area contributed by atoms with Gasteiger partial charge in [-0.25, -0.2) is 13.4 Å². The predicted octanol–water partition coefficient (Wildman–Crippen LogP) is 1.80. The molecule has 0 aliphatic carbocycles. The molecule has 2 rings (SSSR count). The Hall–Kier alpha value is -0.890. The van der Waals surface area contributed by atoms with Crippen molar-refractivity contribution in [1.82, 2.24) is 10.3 Å². The molecule has 2 heterocycles. The molecule has 1 atom stereocenters. The van der Waals surface area contributed by atoms with E-state index >= 15 is 0 Å². The van der Waals surface area contributed by atoms with Crippen LogP contribution in [-0.2, 0) is 14.6 Å². The van der Waals surface area contributed by atoms with Crippen molar-refractivity contribution in [3.05, 3.63) is 18.3 Å². The van der Waals surface area contributed by atoms with Gasteiger partial charge in [-0.3, -0.25) is 4.79 Å². The number of hydrogen-bond donors (Lipinski definition) is 2. The van der Waals surface area contributed by atoms with Gasteiger partial charge in [0.2, 0.25) is 5.91 Å². The van der Waals surface area contributed by atoms with E-state index in [9.17, 15) is 13.2 Å². The number of rotatable bonds is 4. The second-order valence-corrected chi connectivity index (χ2v) is 7.04. The van der Waals surface area contributed by atoms with Crippen molar-refractivity contribution in [2.45, 2.75) is 36.8 Å². The largest absolute Gasteiger partial charge is 0.323 e. The van der Waals surface area contributed by atoms with E-state index in [2.05, 4.69) is 15.6 Å². The summed E-state index contributed by atoms with van der Waals surface area (Å²) in [6.07, 6.45) is 4.97. The van der Waals surface area contributed by atoms with Gasteiger partial charge < -0.3 is 10.6 Å².